The summed E-state index contributed by atoms with van der Waals surface area (Å²) in [4.78, 5) is 24.6. The summed E-state index contributed by atoms with van der Waals surface area (Å²) in [6, 6.07) is 54.8. The molecule has 3 aromatic heterocycles. The van der Waals surface area contributed by atoms with Gasteiger partial charge < -0.3 is 4.42 Å². The van der Waals surface area contributed by atoms with E-state index < -0.39 is 0 Å². The normalized spacial score (nSPS) is 11.3. The van der Waals surface area contributed by atoms with Crippen molar-refractivity contribution in [3.8, 4) is 67.9 Å². The van der Waals surface area contributed by atoms with Crippen molar-refractivity contribution in [1.82, 2.24) is 24.9 Å². The van der Waals surface area contributed by atoms with Gasteiger partial charge in [-0.1, -0.05) is 152 Å². The monoisotopic (exact) mass is 629 g/mol. The van der Waals surface area contributed by atoms with E-state index in [-0.39, 0.29) is 0 Å². The zero-order valence-electron chi connectivity index (χ0n) is 26.2. The van der Waals surface area contributed by atoms with E-state index in [0.29, 0.717) is 28.9 Å². The average molecular weight is 630 g/mol. The maximum Gasteiger partial charge on any atom is 0.180 e. The van der Waals surface area contributed by atoms with E-state index in [1.807, 2.05) is 115 Å². The number of benzene rings is 6. The van der Waals surface area contributed by atoms with Crippen LogP contribution in [0, 0.1) is 0 Å². The molecule has 230 valence electrons. The molecule has 0 atom stereocenters. The minimum atomic E-state index is 0.628. The Balaban J connectivity index is 1.06. The number of furan rings is 1. The molecule has 0 radical (unpaired) electrons. The van der Waals surface area contributed by atoms with Crippen molar-refractivity contribution in [3.05, 3.63) is 164 Å². The second kappa shape index (κ2) is 12.1. The largest absolute Gasteiger partial charge is 0.452 e. The van der Waals surface area contributed by atoms with Crippen LogP contribution in [-0.4, -0.2) is 24.9 Å². The van der Waals surface area contributed by atoms with Gasteiger partial charge in [-0.25, -0.2) is 24.9 Å². The molecule has 0 aliphatic heterocycles. The molecular weight excluding hydrogens is 603 g/mol. The highest BCUT2D eigenvalue weighted by atomic mass is 16.3. The molecule has 6 nitrogen and oxygen atoms in total. The summed E-state index contributed by atoms with van der Waals surface area (Å²) < 4.78 is 6.27. The zero-order valence-corrected chi connectivity index (χ0v) is 26.2. The summed E-state index contributed by atoms with van der Waals surface area (Å²) in [7, 11) is 0. The number of nitrogens with zero attached hydrogens (tertiary/aromatic N) is 5. The van der Waals surface area contributed by atoms with E-state index in [2.05, 4.69) is 48.5 Å². The summed E-state index contributed by atoms with van der Waals surface area (Å²) in [5.74, 6) is 2.56. The van der Waals surface area contributed by atoms with Crippen molar-refractivity contribution in [1.29, 1.82) is 0 Å². The number of rotatable bonds is 6. The molecule has 0 unspecified atom stereocenters. The topological polar surface area (TPSA) is 77.6 Å². The molecule has 49 heavy (non-hydrogen) atoms. The second-order valence-corrected chi connectivity index (χ2v) is 11.7. The molecule has 9 aromatic rings. The zero-order chi connectivity index (χ0) is 32.6. The lowest BCUT2D eigenvalue weighted by Crippen LogP contribution is -2.00. The fourth-order valence-corrected chi connectivity index (χ4v) is 6.07. The van der Waals surface area contributed by atoms with Gasteiger partial charge in [-0.05, 0) is 23.3 Å². The van der Waals surface area contributed by atoms with Crippen LogP contribution in [0.5, 0.6) is 0 Å². The highest BCUT2D eigenvalue weighted by Crippen LogP contribution is 2.36. The Morgan fingerprint density at radius 2 is 0.694 bits per heavy atom. The van der Waals surface area contributed by atoms with E-state index >= 15 is 0 Å². The molecular formula is C43H27N5O. The fourth-order valence-electron chi connectivity index (χ4n) is 6.07. The van der Waals surface area contributed by atoms with Crippen LogP contribution in [0.4, 0.5) is 0 Å². The van der Waals surface area contributed by atoms with Crippen molar-refractivity contribution in [2.45, 2.75) is 0 Å². The van der Waals surface area contributed by atoms with E-state index in [9.17, 15) is 0 Å². The fraction of sp³-hybridized carbons (Fsp3) is 0. The van der Waals surface area contributed by atoms with Crippen LogP contribution in [0.25, 0.3) is 90.0 Å². The third kappa shape index (κ3) is 5.41. The first-order valence-corrected chi connectivity index (χ1v) is 16.1. The average Bonchev–Trinajstić information content (AvgIpc) is 3.57. The van der Waals surface area contributed by atoms with Gasteiger partial charge in [0, 0.05) is 33.2 Å². The Morgan fingerprint density at radius 3 is 1.20 bits per heavy atom. The van der Waals surface area contributed by atoms with Crippen LogP contribution in [0.2, 0.25) is 0 Å². The summed E-state index contributed by atoms with van der Waals surface area (Å²) in [5, 5.41) is 0.972. The van der Waals surface area contributed by atoms with Crippen LogP contribution in [0.3, 0.4) is 0 Å². The van der Waals surface area contributed by atoms with Crippen molar-refractivity contribution in [2.75, 3.05) is 0 Å². The van der Waals surface area contributed by atoms with Gasteiger partial charge in [-0.2, -0.15) is 0 Å². The number of aromatic nitrogens is 5. The first-order chi connectivity index (χ1) is 24.3. The molecule has 3 heterocycles. The molecule has 0 fully saturated rings. The lowest BCUT2D eigenvalue weighted by Gasteiger charge is -2.09. The van der Waals surface area contributed by atoms with Gasteiger partial charge in [0.1, 0.15) is 16.8 Å². The lowest BCUT2D eigenvalue weighted by atomic mass is 10.0. The molecule has 0 bridgehead atoms. The highest BCUT2D eigenvalue weighted by Gasteiger charge is 2.18. The van der Waals surface area contributed by atoms with Crippen LogP contribution >= 0.6 is 0 Å². The van der Waals surface area contributed by atoms with Gasteiger partial charge in [-0.15, -0.1) is 0 Å². The summed E-state index contributed by atoms with van der Waals surface area (Å²) >= 11 is 0. The van der Waals surface area contributed by atoms with Crippen molar-refractivity contribution in [3.63, 3.8) is 0 Å². The Labute approximate surface area is 282 Å². The molecule has 0 saturated heterocycles. The second-order valence-electron chi connectivity index (χ2n) is 11.7. The number of hydrogen-bond donors (Lipinski definition) is 0. The maximum atomic E-state index is 6.27. The number of para-hydroxylation sites is 1. The molecule has 0 amide bonds. The quantitative estimate of drug-likeness (QED) is 0.182. The Hall–Kier alpha value is -6.79. The predicted octanol–water partition coefficient (Wildman–Crippen LogP) is 10.6. The van der Waals surface area contributed by atoms with E-state index in [4.69, 9.17) is 29.3 Å². The van der Waals surface area contributed by atoms with Gasteiger partial charge in [0.25, 0.3) is 0 Å². The molecule has 0 saturated carbocycles. The minimum Gasteiger partial charge on any atom is -0.452 e. The van der Waals surface area contributed by atoms with Crippen LogP contribution in [0.15, 0.2) is 168 Å². The molecule has 0 spiro atoms. The molecule has 9 rings (SSSR count). The molecule has 6 heteroatoms. The molecule has 0 aliphatic rings. The van der Waals surface area contributed by atoms with Gasteiger partial charge in [-0.3, -0.25) is 0 Å². The van der Waals surface area contributed by atoms with Crippen molar-refractivity contribution in [2.24, 2.45) is 0 Å². The van der Waals surface area contributed by atoms with E-state index in [1.54, 1.807) is 0 Å². The molecule has 0 N–H and O–H groups in total. The van der Waals surface area contributed by atoms with Gasteiger partial charge in [0.15, 0.2) is 28.9 Å². The van der Waals surface area contributed by atoms with Crippen LogP contribution in [0.1, 0.15) is 0 Å². The highest BCUT2D eigenvalue weighted by molar-refractivity contribution is 6.07. The predicted molar refractivity (Wildman–Crippen MR) is 195 cm³/mol. The number of hydrogen-bond acceptors (Lipinski definition) is 6. The minimum absolute atomic E-state index is 0.628. The molecule has 0 aliphatic carbocycles. The summed E-state index contributed by atoms with van der Waals surface area (Å²) in [5.41, 5.74) is 9.96. The van der Waals surface area contributed by atoms with Gasteiger partial charge in [0.2, 0.25) is 0 Å². The maximum absolute atomic E-state index is 6.27. The van der Waals surface area contributed by atoms with Crippen LogP contribution < -0.4 is 0 Å². The first-order valence-electron chi connectivity index (χ1n) is 16.1. The SMILES string of the molecule is c1ccc(-c2nc(-c3ccccc3)nc(-c3ccc(-c4ccc(-c5nc(-c6ccccc6)c6oc7ccccc7c6n5)cc4)cc3)n2)cc1. The van der Waals surface area contributed by atoms with E-state index in [1.165, 1.54) is 0 Å². The standard InChI is InChI=1S/C43H27N5O/c1-4-12-30(13-5-1)37-39-38(35-18-10-11-19-36(35)49-39)45-40(44-37)33-24-20-28(21-25-33)29-22-26-34(27-23-29)43-47-41(31-14-6-2-7-15-31)46-42(48-43)32-16-8-3-9-17-32/h1-27H. The van der Waals surface area contributed by atoms with Crippen molar-refractivity contribution < 1.29 is 4.42 Å². The Bertz CT molecular complexity index is 2510. The Kier molecular flexibility index (Phi) is 7.02. The summed E-state index contributed by atoms with van der Waals surface area (Å²) in [6.45, 7) is 0. The third-order valence-electron chi connectivity index (χ3n) is 8.59. The van der Waals surface area contributed by atoms with E-state index in [0.717, 1.165) is 61.1 Å². The first kappa shape index (κ1) is 28.4. The third-order valence-corrected chi connectivity index (χ3v) is 8.59. The van der Waals surface area contributed by atoms with Gasteiger partial charge in [0.05, 0.1) is 0 Å². The van der Waals surface area contributed by atoms with Gasteiger partial charge >= 0.3 is 0 Å². The summed E-state index contributed by atoms with van der Waals surface area (Å²) in [6.07, 6.45) is 0. The molecule has 6 aromatic carbocycles. The lowest BCUT2D eigenvalue weighted by molar-refractivity contribution is 0.667. The smallest absolute Gasteiger partial charge is 0.180 e. The number of fused-ring (bicyclic) bond motifs is 3. The van der Waals surface area contributed by atoms with Crippen LogP contribution in [-0.2, 0) is 0 Å². The van der Waals surface area contributed by atoms with Crippen molar-refractivity contribution >= 4 is 22.1 Å². The Morgan fingerprint density at radius 1 is 0.306 bits per heavy atom.